The number of carbonyl (C=O) groups excluding carboxylic acids is 2. The highest BCUT2D eigenvalue weighted by molar-refractivity contribution is 5.96. The van der Waals surface area contributed by atoms with Crippen LogP contribution < -0.4 is 5.32 Å². The van der Waals surface area contributed by atoms with Gasteiger partial charge in [0.05, 0.1) is 0 Å². The minimum atomic E-state index is -0.380. The average molecular weight is 288 g/mol. The Bertz CT molecular complexity index is 527. The molecule has 2 rings (SSSR count). The van der Waals surface area contributed by atoms with E-state index in [9.17, 15) is 9.59 Å². The molecule has 1 fully saturated rings. The number of hydrogen-bond donors (Lipinski definition) is 1. The molecule has 1 heterocycles. The smallest absolute Gasteiger partial charge is 0.246 e. The lowest BCUT2D eigenvalue weighted by Gasteiger charge is -2.38. The summed E-state index contributed by atoms with van der Waals surface area (Å²) in [6, 6.07) is 7.40. The molecule has 1 N–H and O–H groups in total. The summed E-state index contributed by atoms with van der Waals surface area (Å²) < 4.78 is 0. The molecule has 0 aliphatic carbocycles. The van der Waals surface area contributed by atoms with Crippen molar-refractivity contribution in [1.82, 2.24) is 10.2 Å². The monoisotopic (exact) mass is 288 g/mol. The van der Waals surface area contributed by atoms with E-state index in [0.29, 0.717) is 19.4 Å². The molecule has 1 aliphatic rings. The van der Waals surface area contributed by atoms with E-state index in [1.807, 2.05) is 32.0 Å². The molecule has 21 heavy (non-hydrogen) atoms. The van der Waals surface area contributed by atoms with Crippen molar-refractivity contribution in [2.75, 3.05) is 0 Å². The van der Waals surface area contributed by atoms with Crippen molar-refractivity contribution >= 4 is 11.8 Å². The second kappa shape index (κ2) is 6.74. The van der Waals surface area contributed by atoms with Crippen LogP contribution >= 0.6 is 0 Å². The van der Waals surface area contributed by atoms with Crippen molar-refractivity contribution in [2.45, 2.75) is 58.7 Å². The maximum absolute atomic E-state index is 12.6. The molecule has 1 aliphatic heterocycles. The van der Waals surface area contributed by atoms with Crippen molar-refractivity contribution in [3.8, 4) is 0 Å². The van der Waals surface area contributed by atoms with E-state index in [0.717, 1.165) is 12.0 Å². The Morgan fingerprint density at radius 3 is 2.29 bits per heavy atom. The first-order valence-electron chi connectivity index (χ1n) is 7.79. The fourth-order valence-corrected chi connectivity index (χ4v) is 2.94. The van der Waals surface area contributed by atoms with E-state index >= 15 is 0 Å². The molecule has 1 aromatic carbocycles. The van der Waals surface area contributed by atoms with E-state index in [4.69, 9.17) is 0 Å². The van der Waals surface area contributed by atoms with Crippen molar-refractivity contribution in [3.05, 3.63) is 35.4 Å². The van der Waals surface area contributed by atoms with Gasteiger partial charge in [-0.25, -0.2) is 0 Å². The number of nitrogens with one attached hydrogen (secondary N) is 1. The Balaban J connectivity index is 2.29. The lowest BCUT2D eigenvalue weighted by molar-refractivity contribution is -0.150. The number of piperazine rings is 1. The van der Waals surface area contributed by atoms with Crippen LogP contribution in [-0.4, -0.2) is 28.8 Å². The summed E-state index contributed by atoms with van der Waals surface area (Å²) in [5.74, 6) is 0.00721. The highest BCUT2D eigenvalue weighted by Crippen LogP contribution is 2.20. The SMILES string of the molecule is CCc1ccccc1CN1C(=O)C(CC)NC(=O)C1CC. The quantitative estimate of drug-likeness (QED) is 0.903. The first-order chi connectivity index (χ1) is 10.1. The summed E-state index contributed by atoms with van der Waals surface area (Å²) in [4.78, 5) is 26.5. The van der Waals surface area contributed by atoms with Gasteiger partial charge in [-0.05, 0) is 30.4 Å². The third-order valence-corrected chi connectivity index (χ3v) is 4.21. The molecule has 4 heteroatoms. The molecule has 2 atom stereocenters. The predicted molar refractivity (Wildman–Crippen MR) is 82.7 cm³/mol. The van der Waals surface area contributed by atoms with Gasteiger partial charge < -0.3 is 10.2 Å². The zero-order valence-corrected chi connectivity index (χ0v) is 13.1. The standard InChI is InChI=1S/C17H24N2O2/c1-4-12-9-7-8-10-13(12)11-19-15(6-3)16(20)18-14(5-2)17(19)21/h7-10,14-15H,4-6,11H2,1-3H3,(H,18,20). The number of nitrogens with zero attached hydrogens (tertiary/aromatic N) is 1. The number of aryl methyl sites for hydroxylation is 1. The average Bonchev–Trinajstić information content (AvgIpc) is 2.51. The van der Waals surface area contributed by atoms with Crippen LogP contribution in [0.15, 0.2) is 24.3 Å². The second-order valence-electron chi connectivity index (χ2n) is 5.48. The van der Waals surface area contributed by atoms with E-state index in [2.05, 4.69) is 18.3 Å². The fraction of sp³-hybridized carbons (Fsp3) is 0.529. The highest BCUT2D eigenvalue weighted by Gasteiger charge is 2.38. The predicted octanol–water partition coefficient (Wildman–Crippen LogP) is 2.26. The Morgan fingerprint density at radius 2 is 1.71 bits per heavy atom. The number of benzene rings is 1. The summed E-state index contributed by atoms with van der Waals surface area (Å²) >= 11 is 0. The molecule has 2 unspecified atom stereocenters. The fourth-order valence-electron chi connectivity index (χ4n) is 2.94. The van der Waals surface area contributed by atoms with Crippen LogP contribution in [0.4, 0.5) is 0 Å². The first-order valence-corrected chi connectivity index (χ1v) is 7.79. The number of carbonyl (C=O) groups is 2. The topological polar surface area (TPSA) is 49.4 Å². The van der Waals surface area contributed by atoms with Crippen molar-refractivity contribution in [1.29, 1.82) is 0 Å². The van der Waals surface area contributed by atoms with Gasteiger partial charge in [0.15, 0.2) is 0 Å². The zero-order valence-electron chi connectivity index (χ0n) is 13.1. The highest BCUT2D eigenvalue weighted by atomic mass is 16.2. The number of amides is 2. The number of rotatable bonds is 5. The van der Waals surface area contributed by atoms with E-state index in [1.165, 1.54) is 5.56 Å². The van der Waals surface area contributed by atoms with Gasteiger partial charge in [-0.1, -0.05) is 45.0 Å². The van der Waals surface area contributed by atoms with Gasteiger partial charge in [0.25, 0.3) is 0 Å². The minimum Gasteiger partial charge on any atom is -0.343 e. The molecule has 4 nitrogen and oxygen atoms in total. The van der Waals surface area contributed by atoms with Crippen LogP contribution in [0.25, 0.3) is 0 Å². The van der Waals surface area contributed by atoms with Gasteiger partial charge in [-0.15, -0.1) is 0 Å². The molecule has 0 saturated carbocycles. The molecule has 1 saturated heterocycles. The first kappa shape index (κ1) is 15.5. The third kappa shape index (κ3) is 3.09. The van der Waals surface area contributed by atoms with Crippen LogP contribution in [-0.2, 0) is 22.6 Å². The summed E-state index contributed by atoms with van der Waals surface area (Å²) in [5, 5.41) is 2.83. The van der Waals surface area contributed by atoms with Gasteiger partial charge in [-0.3, -0.25) is 9.59 Å². The van der Waals surface area contributed by atoms with Gasteiger partial charge in [-0.2, -0.15) is 0 Å². The van der Waals surface area contributed by atoms with Gasteiger partial charge in [0.1, 0.15) is 12.1 Å². The third-order valence-electron chi connectivity index (χ3n) is 4.21. The molecule has 0 spiro atoms. The van der Waals surface area contributed by atoms with Crippen molar-refractivity contribution < 1.29 is 9.59 Å². The lowest BCUT2D eigenvalue weighted by atomic mass is 9.99. The largest absolute Gasteiger partial charge is 0.343 e. The summed E-state index contributed by atoms with van der Waals surface area (Å²) in [6.07, 6.45) is 2.20. The van der Waals surface area contributed by atoms with Crippen LogP contribution in [0.1, 0.15) is 44.7 Å². The van der Waals surface area contributed by atoms with E-state index < -0.39 is 0 Å². The normalized spacial score (nSPS) is 22.3. The van der Waals surface area contributed by atoms with Gasteiger partial charge >= 0.3 is 0 Å². The number of hydrogen-bond acceptors (Lipinski definition) is 2. The van der Waals surface area contributed by atoms with E-state index in [1.54, 1.807) is 4.90 Å². The summed E-state index contributed by atoms with van der Waals surface area (Å²) in [7, 11) is 0. The Kier molecular flexibility index (Phi) is 4.99. The van der Waals surface area contributed by atoms with Crippen molar-refractivity contribution in [3.63, 3.8) is 0 Å². The van der Waals surface area contributed by atoms with Gasteiger partial charge in [0, 0.05) is 6.54 Å². The molecule has 1 aromatic rings. The summed E-state index contributed by atoms with van der Waals surface area (Å²) in [6.45, 7) is 6.50. The molecule has 114 valence electrons. The molecule has 0 bridgehead atoms. The molecule has 2 amide bonds. The Hall–Kier alpha value is -1.84. The lowest BCUT2D eigenvalue weighted by Crippen LogP contribution is -2.62. The van der Waals surface area contributed by atoms with Gasteiger partial charge in [0.2, 0.25) is 11.8 Å². The maximum atomic E-state index is 12.6. The second-order valence-corrected chi connectivity index (χ2v) is 5.48. The Morgan fingerprint density at radius 1 is 1.05 bits per heavy atom. The molecular weight excluding hydrogens is 264 g/mol. The zero-order chi connectivity index (χ0) is 15.4. The maximum Gasteiger partial charge on any atom is 0.246 e. The van der Waals surface area contributed by atoms with Crippen LogP contribution in [0.5, 0.6) is 0 Å². The van der Waals surface area contributed by atoms with Crippen LogP contribution in [0.3, 0.4) is 0 Å². The molecule has 0 aromatic heterocycles. The van der Waals surface area contributed by atoms with Crippen molar-refractivity contribution in [2.24, 2.45) is 0 Å². The Labute approximate surface area is 126 Å². The van der Waals surface area contributed by atoms with Crippen LogP contribution in [0.2, 0.25) is 0 Å². The summed E-state index contributed by atoms with van der Waals surface area (Å²) in [5.41, 5.74) is 2.37. The van der Waals surface area contributed by atoms with Crippen LogP contribution in [0, 0.1) is 0 Å². The van der Waals surface area contributed by atoms with E-state index in [-0.39, 0.29) is 23.9 Å². The molecular formula is C17H24N2O2. The molecule has 0 radical (unpaired) electrons. The minimum absolute atomic E-state index is 0.0297.